The fraction of sp³-hybridized carbons (Fsp3) is 0.538. The zero-order chi connectivity index (χ0) is 15.3. The smallest absolute Gasteiger partial charge is 0.326 e. The molecule has 0 bridgehead atoms. The Kier molecular flexibility index (Phi) is 5.62. The van der Waals surface area contributed by atoms with Crippen molar-refractivity contribution in [1.82, 2.24) is 0 Å². The van der Waals surface area contributed by atoms with Crippen LogP contribution in [-0.4, -0.2) is 25.6 Å². The molecule has 0 aromatic heterocycles. The van der Waals surface area contributed by atoms with E-state index in [0.717, 1.165) is 0 Å². The second-order valence-electron chi connectivity index (χ2n) is 4.03. The molecule has 0 spiro atoms. The highest BCUT2D eigenvalue weighted by atomic mass is 19.3. The van der Waals surface area contributed by atoms with Crippen LogP contribution >= 0.6 is 0 Å². The number of ether oxygens (including phenoxy) is 2. The van der Waals surface area contributed by atoms with E-state index < -0.39 is 18.4 Å². The molecule has 0 heterocycles. The molecule has 1 aromatic carbocycles. The summed E-state index contributed by atoms with van der Waals surface area (Å²) in [5.74, 6) is -3.76. The largest absolute Gasteiger partial charge is 0.490 e. The van der Waals surface area contributed by atoms with Crippen LogP contribution in [0.1, 0.15) is 25.5 Å². The van der Waals surface area contributed by atoms with Gasteiger partial charge in [0.2, 0.25) is 0 Å². The summed E-state index contributed by atoms with van der Waals surface area (Å²) in [7, 11) is 0. The van der Waals surface area contributed by atoms with Crippen molar-refractivity contribution in [3.8, 4) is 11.5 Å². The maximum absolute atomic E-state index is 13.2. The first-order valence-corrected chi connectivity index (χ1v) is 6.15. The summed E-state index contributed by atoms with van der Waals surface area (Å²) in [6.45, 7) is 4.10. The fourth-order valence-electron chi connectivity index (χ4n) is 1.62. The van der Waals surface area contributed by atoms with E-state index in [1.807, 2.05) is 0 Å². The Labute approximate surface area is 114 Å². The number of halogens is 4. The number of nitrogens with two attached hydrogens (primary N) is 1. The molecule has 0 aliphatic heterocycles. The maximum Gasteiger partial charge on any atom is 0.326 e. The van der Waals surface area contributed by atoms with Gasteiger partial charge >= 0.3 is 12.3 Å². The summed E-state index contributed by atoms with van der Waals surface area (Å²) < 4.78 is 61.6. The summed E-state index contributed by atoms with van der Waals surface area (Å²) >= 11 is 0. The van der Waals surface area contributed by atoms with Gasteiger partial charge in [0.15, 0.2) is 11.5 Å². The molecule has 20 heavy (non-hydrogen) atoms. The highest BCUT2D eigenvalue weighted by Gasteiger charge is 2.47. The molecule has 1 atom stereocenters. The van der Waals surface area contributed by atoms with Crippen molar-refractivity contribution in [2.24, 2.45) is 5.73 Å². The van der Waals surface area contributed by atoms with Crippen molar-refractivity contribution in [2.75, 3.05) is 13.2 Å². The second kappa shape index (κ2) is 6.78. The van der Waals surface area contributed by atoms with Gasteiger partial charge in [0.1, 0.15) is 6.04 Å². The maximum atomic E-state index is 13.2. The second-order valence-corrected chi connectivity index (χ2v) is 4.03. The number of hydrogen-bond acceptors (Lipinski definition) is 3. The first-order chi connectivity index (χ1) is 9.34. The summed E-state index contributed by atoms with van der Waals surface area (Å²) in [4.78, 5) is 0. The zero-order valence-corrected chi connectivity index (χ0v) is 11.2. The van der Waals surface area contributed by atoms with Gasteiger partial charge in [-0.1, -0.05) is 6.07 Å². The monoisotopic (exact) mass is 295 g/mol. The van der Waals surface area contributed by atoms with Crippen molar-refractivity contribution in [3.05, 3.63) is 23.8 Å². The molecule has 0 fully saturated rings. The van der Waals surface area contributed by atoms with Crippen LogP contribution in [0.4, 0.5) is 17.6 Å². The fourth-order valence-corrected chi connectivity index (χ4v) is 1.62. The Morgan fingerprint density at radius 1 is 1.10 bits per heavy atom. The Balaban J connectivity index is 3.10. The average Bonchev–Trinajstić information content (AvgIpc) is 2.40. The van der Waals surface area contributed by atoms with Gasteiger partial charge in [-0.25, -0.2) is 8.78 Å². The van der Waals surface area contributed by atoms with Crippen LogP contribution in [0.5, 0.6) is 11.5 Å². The van der Waals surface area contributed by atoms with E-state index in [1.165, 1.54) is 18.2 Å². The first kappa shape index (κ1) is 16.6. The first-order valence-electron chi connectivity index (χ1n) is 6.15. The van der Waals surface area contributed by atoms with E-state index >= 15 is 0 Å². The molecule has 114 valence electrons. The number of alkyl halides is 4. The van der Waals surface area contributed by atoms with Gasteiger partial charge in [-0.2, -0.15) is 8.78 Å². The summed E-state index contributed by atoms with van der Waals surface area (Å²) in [5.41, 5.74) is 5.10. The number of rotatable bonds is 7. The van der Waals surface area contributed by atoms with Crippen LogP contribution in [0.15, 0.2) is 18.2 Å². The normalized spacial score (nSPS) is 13.4. The predicted molar refractivity (Wildman–Crippen MR) is 66.7 cm³/mol. The summed E-state index contributed by atoms with van der Waals surface area (Å²) in [6.07, 6.45) is -3.83. The third-order valence-electron chi connectivity index (χ3n) is 2.63. The third kappa shape index (κ3) is 3.53. The third-order valence-corrected chi connectivity index (χ3v) is 2.63. The summed E-state index contributed by atoms with van der Waals surface area (Å²) in [5, 5.41) is 0. The van der Waals surface area contributed by atoms with Crippen molar-refractivity contribution in [1.29, 1.82) is 0 Å². The average molecular weight is 295 g/mol. The molecule has 1 unspecified atom stereocenters. The minimum atomic E-state index is -4.31. The lowest BCUT2D eigenvalue weighted by atomic mass is 10.0. The van der Waals surface area contributed by atoms with Crippen LogP contribution in [-0.2, 0) is 0 Å². The number of benzene rings is 1. The van der Waals surface area contributed by atoms with Gasteiger partial charge in [-0.15, -0.1) is 0 Å². The molecular weight excluding hydrogens is 278 g/mol. The van der Waals surface area contributed by atoms with Crippen LogP contribution in [0.3, 0.4) is 0 Å². The Morgan fingerprint density at radius 2 is 1.65 bits per heavy atom. The minimum Gasteiger partial charge on any atom is -0.490 e. The quantitative estimate of drug-likeness (QED) is 0.784. The van der Waals surface area contributed by atoms with Crippen LogP contribution in [0.25, 0.3) is 0 Å². The van der Waals surface area contributed by atoms with Crippen molar-refractivity contribution in [3.63, 3.8) is 0 Å². The van der Waals surface area contributed by atoms with Gasteiger partial charge < -0.3 is 15.2 Å². The van der Waals surface area contributed by atoms with Gasteiger partial charge in [0, 0.05) is 0 Å². The van der Waals surface area contributed by atoms with Crippen molar-refractivity contribution in [2.45, 2.75) is 32.2 Å². The van der Waals surface area contributed by atoms with Crippen molar-refractivity contribution < 1.29 is 27.0 Å². The Morgan fingerprint density at radius 3 is 2.15 bits per heavy atom. The lowest BCUT2D eigenvalue weighted by Crippen LogP contribution is -2.39. The molecule has 2 N–H and O–H groups in total. The molecule has 7 heteroatoms. The predicted octanol–water partition coefficient (Wildman–Crippen LogP) is 3.38. The molecule has 0 amide bonds. The van der Waals surface area contributed by atoms with Gasteiger partial charge in [0.25, 0.3) is 0 Å². The SMILES string of the molecule is CCOc1ccc(C(N)C(F)(F)C(F)F)cc1OCC. The standard InChI is InChI=1S/C13H17F4NO2/c1-3-19-9-6-5-8(7-10(9)20-4-2)11(18)13(16,17)12(14)15/h5-7,11-12H,3-4,18H2,1-2H3. The lowest BCUT2D eigenvalue weighted by molar-refractivity contribution is -0.144. The highest BCUT2D eigenvalue weighted by Crippen LogP contribution is 2.38. The van der Waals surface area contributed by atoms with E-state index in [0.29, 0.717) is 12.4 Å². The lowest BCUT2D eigenvalue weighted by Gasteiger charge is -2.23. The summed E-state index contributed by atoms with van der Waals surface area (Å²) in [6, 6.07) is 1.70. The topological polar surface area (TPSA) is 44.5 Å². The van der Waals surface area contributed by atoms with E-state index in [4.69, 9.17) is 15.2 Å². The van der Waals surface area contributed by atoms with Crippen LogP contribution < -0.4 is 15.2 Å². The van der Waals surface area contributed by atoms with Crippen molar-refractivity contribution >= 4 is 0 Å². The van der Waals surface area contributed by atoms with E-state index in [-0.39, 0.29) is 17.9 Å². The molecule has 0 aliphatic rings. The molecule has 1 rings (SSSR count). The van der Waals surface area contributed by atoms with E-state index in [1.54, 1.807) is 13.8 Å². The van der Waals surface area contributed by atoms with Gasteiger partial charge in [-0.05, 0) is 31.5 Å². The molecule has 1 aromatic rings. The molecule has 0 aliphatic carbocycles. The van der Waals surface area contributed by atoms with E-state index in [2.05, 4.69) is 0 Å². The highest BCUT2D eigenvalue weighted by molar-refractivity contribution is 5.44. The zero-order valence-electron chi connectivity index (χ0n) is 11.2. The Bertz CT molecular complexity index is 440. The molecule has 3 nitrogen and oxygen atoms in total. The minimum absolute atomic E-state index is 0.137. The van der Waals surface area contributed by atoms with Crippen LogP contribution in [0, 0.1) is 0 Å². The molecule has 0 saturated heterocycles. The van der Waals surface area contributed by atoms with Crippen LogP contribution in [0.2, 0.25) is 0 Å². The molecule has 0 saturated carbocycles. The Hall–Kier alpha value is -1.50. The molecule has 0 radical (unpaired) electrons. The van der Waals surface area contributed by atoms with Gasteiger partial charge in [-0.3, -0.25) is 0 Å². The van der Waals surface area contributed by atoms with Gasteiger partial charge in [0.05, 0.1) is 13.2 Å². The molecular formula is C13H17F4NO2. The van der Waals surface area contributed by atoms with E-state index in [9.17, 15) is 17.6 Å². The number of hydrogen-bond donors (Lipinski definition) is 1.